The Morgan fingerprint density at radius 2 is 1.75 bits per heavy atom. The zero-order valence-electron chi connectivity index (χ0n) is 12.7. The van der Waals surface area contributed by atoms with E-state index in [0.29, 0.717) is 17.9 Å². The molecule has 0 aromatic carbocycles. The summed E-state index contributed by atoms with van der Waals surface area (Å²) in [7, 11) is 0. The van der Waals surface area contributed by atoms with Crippen LogP contribution in [0.3, 0.4) is 0 Å². The van der Waals surface area contributed by atoms with Crippen molar-refractivity contribution in [3.05, 3.63) is 0 Å². The fourth-order valence-electron chi connectivity index (χ4n) is 6.04. The Bertz CT molecular complexity index is 387. The van der Waals surface area contributed by atoms with Crippen LogP contribution in [0.25, 0.3) is 0 Å². The highest BCUT2D eigenvalue weighted by Gasteiger charge is 2.56. The number of hydrogen-bond acceptors (Lipinski definition) is 1. The van der Waals surface area contributed by atoms with Crippen molar-refractivity contribution in [1.82, 2.24) is 5.32 Å². The van der Waals surface area contributed by atoms with Crippen molar-refractivity contribution in [3.8, 4) is 0 Å². The Morgan fingerprint density at radius 3 is 2.60 bits per heavy atom. The molecule has 4 bridgehead atoms. The lowest BCUT2D eigenvalue weighted by Gasteiger charge is -2.49. The van der Waals surface area contributed by atoms with Gasteiger partial charge in [0.25, 0.3) is 0 Å². The molecular weight excluding hydrogens is 246 g/mol. The molecule has 4 fully saturated rings. The number of carbonyl (C=O) groups is 1. The van der Waals surface area contributed by atoms with E-state index in [1.807, 2.05) is 0 Å². The Balaban J connectivity index is 1.51. The molecule has 0 unspecified atom stereocenters. The van der Waals surface area contributed by atoms with Gasteiger partial charge in [0.05, 0.1) is 5.41 Å². The summed E-state index contributed by atoms with van der Waals surface area (Å²) in [6, 6.07) is 0.491. The van der Waals surface area contributed by atoms with Crippen molar-refractivity contribution >= 4 is 5.91 Å². The summed E-state index contributed by atoms with van der Waals surface area (Å²) < 4.78 is 0. The van der Waals surface area contributed by atoms with E-state index in [2.05, 4.69) is 5.32 Å². The van der Waals surface area contributed by atoms with Crippen LogP contribution in [0.1, 0.15) is 77.0 Å². The quantitative estimate of drug-likeness (QED) is 0.809. The van der Waals surface area contributed by atoms with Crippen LogP contribution >= 0.6 is 0 Å². The van der Waals surface area contributed by atoms with Gasteiger partial charge in [-0.1, -0.05) is 32.1 Å². The average Bonchev–Trinajstić information content (AvgIpc) is 2.95. The number of fused-ring (bicyclic) bond motifs is 6. The lowest BCUT2D eigenvalue weighted by Crippen LogP contribution is -2.53. The first-order chi connectivity index (χ1) is 9.78. The van der Waals surface area contributed by atoms with Crippen LogP contribution in [-0.4, -0.2) is 11.9 Å². The zero-order chi connectivity index (χ0) is 13.6. The third-order valence-corrected chi connectivity index (χ3v) is 7.14. The third kappa shape index (κ3) is 2.02. The average molecular weight is 275 g/mol. The molecule has 4 atom stereocenters. The molecule has 2 nitrogen and oxygen atoms in total. The number of hydrogen-bond donors (Lipinski definition) is 1. The smallest absolute Gasteiger partial charge is 0.226 e. The molecule has 4 aliphatic rings. The van der Waals surface area contributed by atoms with Gasteiger partial charge in [0.15, 0.2) is 0 Å². The van der Waals surface area contributed by atoms with E-state index < -0.39 is 0 Å². The fraction of sp³-hybridized carbons (Fsp3) is 0.944. The number of rotatable bonds is 2. The van der Waals surface area contributed by atoms with E-state index in [9.17, 15) is 4.79 Å². The molecule has 0 aromatic heterocycles. The third-order valence-electron chi connectivity index (χ3n) is 7.14. The van der Waals surface area contributed by atoms with Gasteiger partial charge in [-0.3, -0.25) is 4.79 Å². The SMILES string of the molecule is O=C(NC1CCCCC1)[C@]12CCC[C@@H](C1)[C@H]1CC[C@@H]2C1. The second-order valence-electron chi connectivity index (χ2n) is 8.09. The fourth-order valence-corrected chi connectivity index (χ4v) is 6.04. The first kappa shape index (κ1) is 13.2. The topological polar surface area (TPSA) is 29.1 Å². The van der Waals surface area contributed by atoms with Crippen molar-refractivity contribution in [1.29, 1.82) is 0 Å². The van der Waals surface area contributed by atoms with E-state index >= 15 is 0 Å². The molecular formula is C18H29NO. The van der Waals surface area contributed by atoms with E-state index in [1.54, 1.807) is 0 Å². The predicted molar refractivity (Wildman–Crippen MR) is 80.2 cm³/mol. The summed E-state index contributed by atoms with van der Waals surface area (Å²) in [6.45, 7) is 0. The largest absolute Gasteiger partial charge is 0.353 e. The molecule has 4 rings (SSSR count). The molecule has 0 saturated heterocycles. The first-order valence-corrected chi connectivity index (χ1v) is 9.09. The van der Waals surface area contributed by atoms with Gasteiger partial charge in [-0.2, -0.15) is 0 Å². The van der Waals surface area contributed by atoms with E-state index in [4.69, 9.17) is 0 Å². The van der Waals surface area contributed by atoms with E-state index in [-0.39, 0.29) is 5.41 Å². The molecule has 1 amide bonds. The van der Waals surface area contributed by atoms with Gasteiger partial charge in [-0.15, -0.1) is 0 Å². The highest BCUT2D eigenvalue weighted by atomic mass is 16.2. The van der Waals surface area contributed by atoms with Gasteiger partial charge in [0, 0.05) is 6.04 Å². The van der Waals surface area contributed by atoms with E-state index in [1.165, 1.54) is 77.0 Å². The molecule has 4 saturated carbocycles. The van der Waals surface area contributed by atoms with Crippen LogP contribution in [0.15, 0.2) is 0 Å². The Labute approximate surface area is 123 Å². The van der Waals surface area contributed by atoms with Gasteiger partial charge >= 0.3 is 0 Å². The van der Waals surface area contributed by atoms with Gasteiger partial charge in [-0.25, -0.2) is 0 Å². The monoisotopic (exact) mass is 275 g/mol. The maximum Gasteiger partial charge on any atom is 0.226 e. The van der Waals surface area contributed by atoms with Gasteiger partial charge in [-0.05, 0) is 62.7 Å². The van der Waals surface area contributed by atoms with E-state index in [0.717, 1.165) is 11.8 Å². The normalized spacial score (nSPS) is 44.3. The van der Waals surface area contributed by atoms with Gasteiger partial charge in [0.2, 0.25) is 5.91 Å². The maximum absolute atomic E-state index is 13.1. The summed E-state index contributed by atoms with van der Waals surface area (Å²) in [5.74, 6) is 3.02. The minimum Gasteiger partial charge on any atom is -0.353 e. The minimum atomic E-state index is 0.0490. The molecule has 0 radical (unpaired) electrons. The Kier molecular flexibility index (Phi) is 3.31. The Morgan fingerprint density at radius 1 is 0.900 bits per heavy atom. The highest BCUT2D eigenvalue weighted by molar-refractivity contribution is 5.83. The number of carbonyl (C=O) groups excluding carboxylic acids is 1. The molecule has 20 heavy (non-hydrogen) atoms. The summed E-state index contributed by atoms with van der Waals surface area (Å²) in [4.78, 5) is 13.1. The molecule has 0 heterocycles. The van der Waals surface area contributed by atoms with Crippen molar-refractivity contribution in [2.24, 2.45) is 23.2 Å². The van der Waals surface area contributed by atoms with Crippen LogP contribution < -0.4 is 5.32 Å². The molecule has 0 aliphatic heterocycles. The summed E-state index contributed by atoms with van der Waals surface area (Å²) in [5.41, 5.74) is 0.0490. The zero-order valence-corrected chi connectivity index (χ0v) is 12.7. The summed E-state index contributed by atoms with van der Waals surface area (Å²) >= 11 is 0. The van der Waals surface area contributed by atoms with Crippen molar-refractivity contribution in [2.45, 2.75) is 83.1 Å². The minimum absolute atomic E-state index is 0.0490. The second-order valence-corrected chi connectivity index (χ2v) is 8.09. The second kappa shape index (κ2) is 5.03. The molecule has 4 aliphatic carbocycles. The van der Waals surface area contributed by atoms with Crippen LogP contribution in [0, 0.1) is 23.2 Å². The maximum atomic E-state index is 13.1. The van der Waals surface area contributed by atoms with Gasteiger partial charge < -0.3 is 5.32 Å². The molecule has 0 aromatic rings. The molecule has 0 spiro atoms. The predicted octanol–water partition coefficient (Wildman–Crippen LogP) is 4.04. The molecule has 2 heteroatoms. The summed E-state index contributed by atoms with van der Waals surface area (Å²) in [6.07, 6.45) is 15.6. The number of nitrogens with one attached hydrogen (secondary N) is 1. The van der Waals surface area contributed by atoms with Crippen LogP contribution in [-0.2, 0) is 4.79 Å². The number of amides is 1. The lowest BCUT2D eigenvalue weighted by atomic mass is 9.56. The van der Waals surface area contributed by atoms with Crippen LogP contribution in [0.5, 0.6) is 0 Å². The van der Waals surface area contributed by atoms with Crippen molar-refractivity contribution < 1.29 is 4.79 Å². The summed E-state index contributed by atoms with van der Waals surface area (Å²) in [5, 5.41) is 3.48. The standard InChI is InChI=1S/C18H29NO/c20-17(19-16-6-2-1-3-7-16)18-10-4-5-14(12-18)13-8-9-15(18)11-13/h13-16H,1-12H2,(H,19,20)/t13-,14-,15+,18+/m0/s1. The van der Waals surface area contributed by atoms with Crippen molar-refractivity contribution in [3.63, 3.8) is 0 Å². The highest BCUT2D eigenvalue weighted by Crippen LogP contribution is 2.60. The van der Waals surface area contributed by atoms with Crippen molar-refractivity contribution in [2.75, 3.05) is 0 Å². The lowest BCUT2D eigenvalue weighted by molar-refractivity contribution is -0.142. The van der Waals surface area contributed by atoms with Crippen LogP contribution in [0.2, 0.25) is 0 Å². The molecule has 112 valence electrons. The molecule has 1 N–H and O–H groups in total. The van der Waals surface area contributed by atoms with Gasteiger partial charge in [0.1, 0.15) is 0 Å². The first-order valence-electron chi connectivity index (χ1n) is 9.09. The van der Waals surface area contributed by atoms with Crippen LogP contribution in [0.4, 0.5) is 0 Å². The Hall–Kier alpha value is -0.530.